The van der Waals surface area contributed by atoms with Crippen molar-refractivity contribution in [3.63, 3.8) is 0 Å². The van der Waals surface area contributed by atoms with Crippen molar-refractivity contribution in [2.45, 2.75) is 6.92 Å². The Bertz CT molecular complexity index is 602. The zero-order valence-electron chi connectivity index (χ0n) is 9.38. The van der Waals surface area contributed by atoms with E-state index in [0.29, 0.717) is 5.69 Å². The second-order valence-electron chi connectivity index (χ2n) is 3.64. The third-order valence-electron chi connectivity index (χ3n) is 2.27. The average Bonchev–Trinajstić information content (AvgIpc) is 2.29. The molecule has 1 aromatic heterocycles. The van der Waals surface area contributed by atoms with Gasteiger partial charge in [0.15, 0.2) is 0 Å². The molecule has 0 aliphatic carbocycles. The number of hydrogen-bond acceptors (Lipinski definition) is 2. The number of aromatic nitrogens is 1. The number of carbonyl (C=O) groups is 1. The molecular weight excluding hydrogens is 216 g/mol. The first kappa shape index (κ1) is 11.1. The first-order valence-electron chi connectivity index (χ1n) is 5.22. The number of carbonyl (C=O) groups excluding carboxylic acids is 1. The Morgan fingerprint density at radius 3 is 2.71 bits per heavy atom. The number of benzene rings is 1. The van der Waals surface area contributed by atoms with E-state index in [0.717, 1.165) is 5.69 Å². The number of nitrogens with one attached hydrogen (secondary N) is 1. The molecule has 1 heterocycles. The van der Waals surface area contributed by atoms with Gasteiger partial charge in [0.05, 0.1) is 5.69 Å². The van der Waals surface area contributed by atoms with Gasteiger partial charge < -0.3 is 5.32 Å². The second kappa shape index (κ2) is 4.65. The van der Waals surface area contributed by atoms with Crippen LogP contribution in [0.25, 0.3) is 5.69 Å². The molecule has 86 valence electrons. The Kier molecular flexibility index (Phi) is 3.05. The molecular formula is C13H12N2O2. The summed E-state index contributed by atoms with van der Waals surface area (Å²) in [6, 6.07) is 12.1. The fraction of sp³-hybridized carbons (Fsp3) is 0.0769. The van der Waals surface area contributed by atoms with Gasteiger partial charge in [-0.15, -0.1) is 0 Å². The van der Waals surface area contributed by atoms with Gasteiger partial charge in [0.2, 0.25) is 5.91 Å². The van der Waals surface area contributed by atoms with Crippen molar-refractivity contribution in [1.29, 1.82) is 0 Å². The molecule has 0 atom stereocenters. The Hall–Kier alpha value is -2.36. The zero-order valence-corrected chi connectivity index (χ0v) is 9.38. The van der Waals surface area contributed by atoms with Crippen LogP contribution in [0.5, 0.6) is 0 Å². The Morgan fingerprint density at radius 1 is 1.18 bits per heavy atom. The summed E-state index contributed by atoms with van der Waals surface area (Å²) in [6.07, 6.45) is 1.69. The minimum atomic E-state index is -0.137. The van der Waals surface area contributed by atoms with Gasteiger partial charge in [-0.2, -0.15) is 0 Å². The van der Waals surface area contributed by atoms with E-state index in [-0.39, 0.29) is 11.5 Å². The van der Waals surface area contributed by atoms with E-state index in [1.807, 2.05) is 6.07 Å². The van der Waals surface area contributed by atoms with Gasteiger partial charge in [-0.1, -0.05) is 12.1 Å². The summed E-state index contributed by atoms with van der Waals surface area (Å²) in [5.74, 6) is -0.137. The van der Waals surface area contributed by atoms with Crippen molar-refractivity contribution < 1.29 is 4.79 Å². The first-order valence-corrected chi connectivity index (χ1v) is 5.22. The number of pyridine rings is 1. The highest BCUT2D eigenvalue weighted by Crippen LogP contribution is 2.12. The summed E-state index contributed by atoms with van der Waals surface area (Å²) in [4.78, 5) is 22.6. The molecule has 0 aliphatic heterocycles. The lowest BCUT2D eigenvalue weighted by molar-refractivity contribution is -0.114. The maximum Gasteiger partial charge on any atom is 0.255 e. The van der Waals surface area contributed by atoms with Gasteiger partial charge >= 0.3 is 0 Å². The van der Waals surface area contributed by atoms with Crippen LogP contribution >= 0.6 is 0 Å². The lowest BCUT2D eigenvalue weighted by atomic mass is 10.2. The number of anilines is 1. The zero-order chi connectivity index (χ0) is 12.3. The van der Waals surface area contributed by atoms with Crippen molar-refractivity contribution in [1.82, 2.24) is 4.57 Å². The number of amides is 1. The summed E-state index contributed by atoms with van der Waals surface area (Å²) in [5.41, 5.74) is 1.29. The van der Waals surface area contributed by atoms with Gasteiger partial charge in [-0.3, -0.25) is 14.2 Å². The molecule has 0 aliphatic rings. The first-order chi connectivity index (χ1) is 8.16. The number of rotatable bonds is 2. The molecule has 0 bridgehead atoms. The van der Waals surface area contributed by atoms with Crippen molar-refractivity contribution in [2.24, 2.45) is 0 Å². The van der Waals surface area contributed by atoms with Crippen LogP contribution in [0, 0.1) is 0 Å². The molecule has 2 aromatic rings. The Labute approximate surface area is 98.5 Å². The summed E-state index contributed by atoms with van der Waals surface area (Å²) in [5, 5.41) is 2.68. The van der Waals surface area contributed by atoms with Crippen LogP contribution in [0.2, 0.25) is 0 Å². The van der Waals surface area contributed by atoms with Crippen LogP contribution < -0.4 is 10.9 Å². The average molecular weight is 228 g/mol. The van der Waals surface area contributed by atoms with Gasteiger partial charge in [-0.05, 0) is 24.3 Å². The molecule has 0 radical (unpaired) electrons. The maximum atomic E-state index is 11.6. The van der Waals surface area contributed by atoms with E-state index in [4.69, 9.17) is 0 Å². The minimum Gasteiger partial charge on any atom is -0.326 e. The van der Waals surface area contributed by atoms with Crippen LogP contribution in [0.4, 0.5) is 5.69 Å². The molecule has 17 heavy (non-hydrogen) atoms. The summed E-state index contributed by atoms with van der Waals surface area (Å²) < 4.78 is 1.52. The maximum absolute atomic E-state index is 11.6. The lowest BCUT2D eigenvalue weighted by Gasteiger charge is -2.07. The number of nitrogens with zero attached hydrogens (tertiary/aromatic N) is 1. The van der Waals surface area contributed by atoms with E-state index in [2.05, 4.69) is 5.32 Å². The smallest absolute Gasteiger partial charge is 0.255 e. The third kappa shape index (κ3) is 2.60. The van der Waals surface area contributed by atoms with E-state index in [1.54, 1.807) is 36.5 Å². The molecule has 0 spiro atoms. The molecule has 0 saturated heterocycles. The molecule has 0 fully saturated rings. The largest absolute Gasteiger partial charge is 0.326 e. The monoisotopic (exact) mass is 228 g/mol. The van der Waals surface area contributed by atoms with Crippen LogP contribution in [0.3, 0.4) is 0 Å². The predicted octanol–water partition coefficient (Wildman–Crippen LogP) is 1.80. The standard InChI is InChI=1S/C13H12N2O2/c1-10(16)14-11-5-4-6-12(9-11)15-8-3-2-7-13(15)17/h2-9H,1H3,(H,14,16). The normalized spacial score (nSPS) is 9.94. The molecule has 4 nitrogen and oxygen atoms in total. The fourth-order valence-electron chi connectivity index (χ4n) is 1.58. The van der Waals surface area contributed by atoms with Crippen molar-refractivity contribution in [3.8, 4) is 5.69 Å². The summed E-state index contributed by atoms with van der Waals surface area (Å²) in [6.45, 7) is 1.45. The highest BCUT2D eigenvalue weighted by atomic mass is 16.1. The molecule has 1 amide bonds. The van der Waals surface area contributed by atoms with Gasteiger partial charge in [-0.25, -0.2) is 0 Å². The molecule has 0 saturated carbocycles. The summed E-state index contributed by atoms with van der Waals surface area (Å²) in [7, 11) is 0. The minimum absolute atomic E-state index is 0.104. The molecule has 2 rings (SSSR count). The van der Waals surface area contributed by atoms with E-state index in [9.17, 15) is 9.59 Å². The highest BCUT2D eigenvalue weighted by Gasteiger charge is 2.00. The Balaban J connectivity index is 2.43. The molecule has 4 heteroatoms. The molecule has 0 unspecified atom stereocenters. The fourth-order valence-corrected chi connectivity index (χ4v) is 1.58. The van der Waals surface area contributed by atoms with E-state index < -0.39 is 0 Å². The third-order valence-corrected chi connectivity index (χ3v) is 2.27. The van der Waals surface area contributed by atoms with Crippen LogP contribution in [-0.2, 0) is 4.79 Å². The van der Waals surface area contributed by atoms with Crippen LogP contribution in [0.1, 0.15) is 6.92 Å². The van der Waals surface area contributed by atoms with Crippen LogP contribution in [-0.4, -0.2) is 10.5 Å². The van der Waals surface area contributed by atoms with Gasteiger partial charge in [0, 0.05) is 24.9 Å². The SMILES string of the molecule is CC(=O)Nc1cccc(-n2ccccc2=O)c1. The summed E-state index contributed by atoms with van der Waals surface area (Å²) >= 11 is 0. The van der Waals surface area contributed by atoms with Gasteiger partial charge in [0.25, 0.3) is 5.56 Å². The van der Waals surface area contributed by atoms with E-state index in [1.165, 1.54) is 17.6 Å². The topological polar surface area (TPSA) is 51.1 Å². The van der Waals surface area contributed by atoms with Gasteiger partial charge in [0.1, 0.15) is 0 Å². The predicted molar refractivity (Wildman–Crippen MR) is 66.3 cm³/mol. The lowest BCUT2D eigenvalue weighted by Crippen LogP contribution is -2.15. The quantitative estimate of drug-likeness (QED) is 0.852. The molecule has 1 N–H and O–H groups in total. The molecule has 1 aromatic carbocycles. The Morgan fingerprint density at radius 2 is 2.00 bits per heavy atom. The second-order valence-corrected chi connectivity index (χ2v) is 3.64. The van der Waals surface area contributed by atoms with E-state index >= 15 is 0 Å². The van der Waals surface area contributed by atoms with Crippen molar-refractivity contribution in [3.05, 3.63) is 59.0 Å². The van der Waals surface area contributed by atoms with Crippen molar-refractivity contribution >= 4 is 11.6 Å². The van der Waals surface area contributed by atoms with Crippen molar-refractivity contribution in [2.75, 3.05) is 5.32 Å². The highest BCUT2D eigenvalue weighted by molar-refractivity contribution is 5.88. The van der Waals surface area contributed by atoms with Crippen LogP contribution in [0.15, 0.2) is 53.5 Å². The number of hydrogen-bond donors (Lipinski definition) is 1.